The molecule has 2 rings (SSSR count). The van der Waals surface area contributed by atoms with Gasteiger partial charge in [-0.15, -0.1) is 0 Å². The Morgan fingerprint density at radius 3 is 2.38 bits per heavy atom. The molecule has 0 saturated carbocycles. The third-order valence-electron chi connectivity index (χ3n) is 4.36. The second-order valence-electron chi connectivity index (χ2n) is 6.07. The Hall–Kier alpha value is -1.48. The number of aryl methyl sites for hydroxylation is 2. The van der Waals surface area contributed by atoms with Gasteiger partial charge in [0.25, 0.3) is 0 Å². The van der Waals surface area contributed by atoms with Gasteiger partial charge in [-0.3, -0.25) is 4.98 Å². The maximum absolute atomic E-state index is 13.3. The van der Waals surface area contributed by atoms with Gasteiger partial charge in [-0.1, -0.05) is 62.2 Å². The van der Waals surface area contributed by atoms with Gasteiger partial charge in [-0.25, -0.2) is 4.39 Å². The van der Waals surface area contributed by atoms with Crippen molar-refractivity contribution in [2.45, 2.75) is 67.2 Å². The number of benzene rings is 1. The summed E-state index contributed by atoms with van der Waals surface area (Å²) in [6.07, 6.45) is 8.56. The summed E-state index contributed by atoms with van der Waals surface area (Å²) in [5.41, 5.74) is 5.94. The van der Waals surface area contributed by atoms with E-state index in [0.717, 1.165) is 29.3 Å². The molecule has 26 heavy (non-hydrogen) atoms. The van der Waals surface area contributed by atoms with E-state index in [1.54, 1.807) is 6.08 Å². The van der Waals surface area contributed by atoms with Crippen LogP contribution in [0.5, 0.6) is 0 Å². The molecular formula is C23H31BrFN. The predicted octanol–water partition coefficient (Wildman–Crippen LogP) is 8.04. The minimum Gasteiger partial charge on any atom is -0.256 e. The summed E-state index contributed by atoms with van der Waals surface area (Å²) >= 11 is 3.65. The van der Waals surface area contributed by atoms with E-state index < -0.39 is 0 Å². The number of fused-ring (bicyclic) bond motifs is 1. The van der Waals surface area contributed by atoms with Gasteiger partial charge in [-0.2, -0.15) is 0 Å². The number of pyridine rings is 1. The van der Waals surface area contributed by atoms with E-state index in [1.165, 1.54) is 27.6 Å². The molecule has 0 bridgehead atoms. The molecule has 0 unspecified atom stereocenters. The van der Waals surface area contributed by atoms with Crippen molar-refractivity contribution in [2.24, 2.45) is 0 Å². The second-order valence-corrected chi connectivity index (χ2v) is 6.92. The van der Waals surface area contributed by atoms with Gasteiger partial charge in [-0.05, 0) is 67.5 Å². The van der Waals surface area contributed by atoms with Crippen LogP contribution in [-0.2, 0) is 12.8 Å². The van der Waals surface area contributed by atoms with Gasteiger partial charge >= 0.3 is 0 Å². The van der Waals surface area contributed by atoms with Gasteiger partial charge in [0.2, 0.25) is 0 Å². The van der Waals surface area contributed by atoms with Crippen molar-refractivity contribution in [3.8, 4) is 0 Å². The number of allylic oxidation sites excluding steroid dienone is 4. The fourth-order valence-corrected chi connectivity index (χ4v) is 3.65. The monoisotopic (exact) mass is 419 g/mol. The summed E-state index contributed by atoms with van der Waals surface area (Å²) in [4.78, 5) is 4.73. The van der Waals surface area contributed by atoms with Crippen molar-refractivity contribution in [2.75, 3.05) is 0 Å². The summed E-state index contributed by atoms with van der Waals surface area (Å²) in [5, 5.41) is 1.21. The van der Waals surface area contributed by atoms with Crippen LogP contribution in [0.25, 0.3) is 10.9 Å². The van der Waals surface area contributed by atoms with Crippen LogP contribution >= 0.6 is 15.9 Å². The molecule has 142 valence electrons. The van der Waals surface area contributed by atoms with E-state index in [9.17, 15) is 4.39 Å². The van der Waals surface area contributed by atoms with Crippen molar-refractivity contribution in [1.82, 2.24) is 4.98 Å². The standard InChI is InChI=1S/C21H25BrFN.C2H6/c1-5-15(8-9-17(23)6-2)11-16-12-19-14(4)10-20(22)18(7-3)21(19)24-13-16;1-2/h8-10,12-13H,5-7,11H2,1-4H3;1-2H3/b15-8+,17-9+;. The normalized spacial score (nSPS) is 12.2. The Bertz CT molecular complexity index is 790. The molecule has 0 saturated heterocycles. The number of nitrogens with zero attached hydrogens (tertiary/aromatic N) is 1. The molecule has 0 aliphatic heterocycles. The van der Waals surface area contributed by atoms with Gasteiger partial charge in [0.1, 0.15) is 0 Å². The molecule has 0 spiro atoms. The van der Waals surface area contributed by atoms with E-state index in [4.69, 9.17) is 4.98 Å². The summed E-state index contributed by atoms with van der Waals surface area (Å²) in [6.45, 7) is 12.2. The van der Waals surface area contributed by atoms with E-state index in [1.807, 2.05) is 33.0 Å². The Morgan fingerprint density at radius 1 is 1.12 bits per heavy atom. The molecule has 2 aromatic rings. The summed E-state index contributed by atoms with van der Waals surface area (Å²) in [5.74, 6) is -0.0779. The predicted molar refractivity (Wildman–Crippen MR) is 116 cm³/mol. The van der Waals surface area contributed by atoms with Crippen LogP contribution in [0.2, 0.25) is 0 Å². The lowest BCUT2D eigenvalue weighted by Gasteiger charge is -2.12. The van der Waals surface area contributed by atoms with Crippen LogP contribution in [0.4, 0.5) is 4.39 Å². The fraction of sp³-hybridized carbons (Fsp3) is 0.435. The first-order valence-electron chi connectivity index (χ1n) is 9.60. The Balaban J connectivity index is 0.00000163. The highest BCUT2D eigenvalue weighted by Crippen LogP contribution is 2.29. The van der Waals surface area contributed by atoms with E-state index in [0.29, 0.717) is 6.42 Å². The van der Waals surface area contributed by atoms with Crippen LogP contribution < -0.4 is 0 Å². The van der Waals surface area contributed by atoms with Gasteiger partial charge in [0.15, 0.2) is 0 Å². The van der Waals surface area contributed by atoms with Crippen LogP contribution in [0.3, 0.4) is 0 Å². The number of aromatic nitrogens is 1. The molecule has 0 aliphatic carbocycles. The molecule has 0 atom stereocenters. The lowest BCUT2D eigenvalue weighted by molar-refractivity contribution is 0.604. The SMILES string of the molecule is CC.CC/C(F)=C\C=C(/CC)Cc1cnc2c(CC)c(Br)cc(C)c2c1. The Morgan fingerprint density at radius 2 is 1.81 bits per heavy atom. The zero-order valence-corrected chi connectivity index (χ0v) is 18.5. The van der Waals surface area contributed by atoms with Gasteiger partial charge < -0.3 is 0 Å². The van der Waals surface area contributed by atoms with E-state index in [-0.39, 0.29) is 5.83 Å². The average Bonchev–Trinajstić information content (AvgIpc) is 2.67. The van der Waals surface area contributed by atoms with Crippen LogP contribution in [0.15, 0.2) is 46.4 Å². The molecular weight excluding hydrogens is 389 g/mol. The second kappa shape index (κ2) is 11.3. The van der Waals surface area contributed by atoms with Gasteiger partial charge in [0, 0.05) is 16.1 Å². The van der Waals surface area contributed by atoms with Gasteiger partial charge in [0.05, 0.1) is 11.3 Å². The highest BCUT2D eigenvalue weighted by atomic mass is 79.9. The fourth-order valence-electron chi connectivity index (χ4n) is 2.84. The third-order valence-corrected chi connectivity index (χ3v) is 5.07. The van der Waals surface area contributed by atoms with Crippen molar-refractivity contribution < 1.29 is 4.39 Å². The molecule has 0 N–H and O–H groups in total. The Labute approximate surface area is 166 Å². The van der Waals surface area contributed by atoms with Crippen molar-refractivity contribution in [3.05, 3.63) is 63.0 Å². The first-order valence-corrected chi connectivity index (χ1v) is 10.4. The molecule has 0 radical (unpaired) electrons. The summed E-state index contributed by atoms with van der Waals surface area (Å²) in [7, 11) is 0. The quantitative estimate of drug-likeness (QED) is 0.431. The highest BCUT2D eigenvalue weighted by molar-refractivity contribution is 9.10. The molecule has 1 heterocycles. The lowest BCUT2D eigenvalue weighted by atomic mass is 9.98. The zero-order chi connectivity index (χ0) is 19.7. The summed E-state index contributed by atoms with van der Waals surface area (Å²) < 4.78 is 14.5. The minimum atomic E-state index is -0.0779. The smallest absolute Gasteiger partial charge is 0.0996 e. The van der Waals surface area contributed by atoms with E-state index in [2.05, 4.69) is 48.8 Å². The average molecular weight is 420 g/mol. The Kier molecular flexibility index (Phi) is 9.79. The first kappa shape index (κ1) is 22.6. The molecule has 3 heteroatoms. The first-order chi connectivity index (χ1) is 12.5. The maximum Gasteiger partial charge on any atom is 0.0996 e. The van der Waals surface area contributed by atoms with Crippen LogP contribution in [-0.4, -0.2) is 4.98 Å². The number of hydrogen-bond donors (Lipinski definition) is 0. The van der Waals surface area contributed by atoms with Crippen LogP contribution in [0, 0.1) is 6.92 Å². The molecule has 1 aromatic heterocycles. The summed E-state index contributed by atoms with van der Waals surface area (Å²) in [6, 6.07) is 4.40. The highest BCUT2D eigenvalue weighted by Gasteiger charge is 2.10. The molecule has 1 nitrogen and oxygen atoms in total. The number of halogens is 2. The van der Waals surface area contributed by atoms with Crippen molar-refractivity contribution in [1.29, 1.82) is 0 Å². The molecule has 0 aliphatic rings. The van der Waals surface area contributed by atoms with Crippen LogP contribution in [0.1, 0.15) is 64.2 Å². The topological polar surface area (TPSA) is 12.9 Å². The maximum atomic E-state index is 13.3. The largest absolute Gasteiger partial charge is 0.256 e. The molecule has 0 amide bonds. The lowest BCUT2D eigenvalue weighted by Crippen LogP contribution is -1.96. The number of hydrogen-bond acceptors (Lipinski definition) is 1. The zero-order valence-electron chi connectivity index (χ0n) is 16.9. The number of rotatable bonds is 6. The minimum absolute atomic E-state index is 0.0779. The van der Waals surface area contributed by atoms with E-state index >= 15 is 0 Å². The molecule has 0 fully saturated rings. The molecule has 1 aromatic carbocycles. The van der Waals surface area contributed by atoms with Crippen molar-refractivity contribution >= 4 is 26.8 Å². The van der Waals surface area contributed by atoms with Crippen molar-refractivity contribution in [3.63, 3.8) is 0 Å². The third kappa shape index (κ3) is 5.77.